The highest BCUT2D eigenvalue weighted by atomic mass is 16.5. The third-order valence-electron chi connectivity index (χ3n) is 4.19. The predicted octanol–water partition coefficient (Wildman–Crippen LogP) is 3.05. The number of nitrogens with zero attached hydrogens (tertiary/aromatic N) is 1. The average Bonchev–Trinajstić information content (AvgIpc) is 2.49. The summed E-state index contributed by atoms with van der Waals surface area (Å²) >= 11 is 0. The Morgan fingerprint density at radius 2 is 2.05 bits per heavy atom. The van der Waals surface area contributed by atoms with Gasteiger partial charge in [0.15, 0.2) is 0 Å². The van der Waals surface area contributed by atoms with E-state index in [1.807, 2.05) is 13.1 Å². The van der Waals surface area contributed by atoms with Crippen LogP contribution in [0.5, 0.6) is 5.75 Å². The van der Waals surface area contributed by atoms with Gasteiger partial charge in [-0.05, 0) is 44.6 Å². The minimum Gasteiger partial charge on any atom is -0.492 e. The summed E-state index contributed by atoms with van der Waals surface area (Å²) in [5.74, 6) is 0.981. The number of ether oxygens (including phenoxy) is 1. The summed E-state index contributed by atoms with van der Waals surface area (Å²) in [5, 5.41) is 3.16. The summed E-state index contributed by atoms with van der Waals surface area (Å²) in [4.78, 5) is 2.47. The van der Waals surface area contributed by atoms with E-state index >= 15 is 0 Å². The Balaban J connectivity index is 1.73. The fourth-order valence-electron chi connectivity index (χ4n) is 2.96. The van der Waals surface area contributed by atoms with E-state index in [2.05, 4.69) is 35.5 Å². The van der Waals surface area contributed by atoms with E-state index in [0.29, 0.717) is 0 Å². The van der Waals surface area contributed by atoms with Crippen LogP contribution in [0.15, 0.2) is 24.3 Å². The molecule has 1 N–H and O–H groups in total. The van der Waals surface area contributed by atoms with E-state index in [0.717, 1.165) is 31.5 Å². The molecule has 1 aliphatic rings. The average molecular weight is 276 g/mol. The van der Waals surface area contributed by atoms with Gasteiger partial charge in [0.1, 0.15) is 12.4 Å². The van der Waals surface area contributed by atoms with Gasteiger partial charge >= 0.3 is 0 Å². The Bertz CT molecular complexity index is 388. The number of likely N-dealkylation sites (N-methyl/N-ethyl adjacent to an activating group) is 1. The van der Waals surface area contributed by atoms with E-state index in [1.54, 1.807) is 0 Å². The van der Waals surface area contributed by atoms with Crippen molar-refractivity contribution in [2.75, 3.05) is 27.2 Å². The van der Waals surface area contributed by atoms with Crippen LogP contribution in [-0.2, 0) is 6.54 Å². The largest absolute Gasteiger partial charge is 0.492 e. The Morgan fingerprint density at radius 3 is 2.80 bits per heavy atom. The first kappa shape index (κ1) is 15.3. The lowest BCUT2D eigenvalue weighted by molar-refractivity contribution is 0.160. The maximum absolute atomic E-state index is 5.89. The molecule has 1 fully saturated rings. The van der Waals surface area contributed by atoms with Crippen molar-refractivity contribution < 1.29 is 4.74 Å². The molecule has 20 heavy (non-hydrogen) atoms. The molecule has 112 valence electrons. The van der Waals surface area contributed by atoms with Crippen molar-refractivity contribution >= 4 is 0 Å². The zero-order valence-electron chi connectivity index (χ0n) is 12.9. The lowest BCUT2D eigenvalue weighted by Gasteiger charge is -2.31. The molecule has 0 aromatic heterocycles. The molecule has 3 heteroatoms. The third-order valence-corrected chi connectivity index (χ3v) is 4.19. The molecule has 2 rings (SSSR count). The van der Waals surface area contributed by atoms with Gasteiger partial charge in [-0.15, -0.1) is 0 Å². The Labute approximate surface area is 123 Å². The van der Waals surface area contributed by atoms with Crippen molar-refractivity contribution in [2.45, 2.75) is 44.7 Å². The van der Waals surface area contributed by atoms with Gasteiger partial charge in [-0.2, -0.15) is 0 Å². The Kier molecular flexibility index (Phi) is 6.34. The molecule has 0 atom stereocenters. The number of hydrogen-bond donors (Lipinski definition) is 1. The van der Waals surface area contributed by atoms with Gasteiger partial charge in [0, 0.05) is 19.1 Å². The van der Waals surface area contributed by atoms with Crippen molar-refractivity contribution in [1.82, 2.24) is 10.2 Å². The first-order valence-corrected chi connectivity index (χ1v) is 7.86. The summed E-state index contributed by atoms with van der Waals surface area (Å²) in [6, 6.07) is 9.12. The van der Waals surface area contributed by atoms with Gasteiger partial charge in [-0.3, -0.25) is 0 Å². The highest BCUT2D eigenvalue weighted by molar-refractivity contribution is 5.28. The van der Waals surface area contributed by atoms with Crippen LogP contribution in [0.4, 0.5) is 0 Å². The van der Waals surface area contributed by atoms with E-state index in [9.17, 15) is 0 Å². The SMILES string of the molecule is CNCc1cccc(OCCN(C)C2CCCCC2)c1. The molecule has 1 aromatic carbocycles. The normalized spacial score (nSPS) is 16.6. The molecule has 0 saturated heterocycles. The maximum Gasteiger partial charge on any atom is 0.119 e. The molecule has 0 aliphatic heterocycles. The monoisotopic (exact) mass is 276 g/mol. The highest BCUT2D eigenvalue weighted by Crippen LogP contribution is 2.21. The van der Waals surface area contributed by atoms with Crippen molar-refractivity contribution in [3.05, 3.63) is 29.8 Å². The van der Waals surface area contributed by atoms with Crippen LogP contribution >= 0.6 is 0 Å². The Hall–Kier alpha value is -1.06. The van der Waals surface area contributed by atoms with Crippen LogP contribution < -0.4 is 10.1 Å². The topological polar surface area (TPSA) is 24.5 Å². The van der Waals surface area contributed by atoms with Gasteiger partial charge in [-0.1, -0.05) is 31.4 Å². The van der Waals surface area contributed by atoms with Crippen LogP contribution in [0, 0.1) is 0 Å². The fourth-order valence-corrected chi connectivity index (χ4v) is 2.96. The van der Waals surface area contributed by atoms with Crippen LogP contribution in [-0.4, -0.2) is 38.2 Å². The molecule has 3 nitrogen and oxygen atoms in total. The summed E-state index contributed by atoms with van der Waals surface area (Å²) in [7, 11) is 4.20. The van der Waals surface area contributed by atoms with Gasteiger partial charge in [0.2, 0.25) is 0 Å². The lowest BCUT2D eigenvalue weighted by atomic mass is 9.94. The number of hydrogen-bond acceptors (Lipinski definition) is 3. The standard InChI is InChI=1S/C17H28N2O/c1-18-14-15-7-6-10-17(13-15)20-12-11-19(2)16-8-4-3-5-9-16/h6-7,10,13,16,18H,3-5,8-9,11-12,14H2,1-2H3. The summed E-state index contributed by atoms with van der Waals surface area (Å²) in [6.45, 7) is 2.68. The summed E-state index contributed by atoms with van der Waals surface area (Å²) < 4.78 is 5.89. The number of nitrogens with one attached hydrogen (secondary N) is 1. The van der Waals surface area contributed by atoms with Gasteiger partial charge in [-0.25, -0.2) is 0 Å². The van der Waals surface area contributed by atoms with E-state index in [1.165, 1.54) is 37.7 Å². The highest BCUT2D eigenvalue weighted by Gasteiger charge is 2.17. The molecule has 0 spiro atoms. The van der Waals surface area contributed by atoms with Crippen molar-refractivity contribution in [2.24, 2.45) is 0 Å². The second-order valence-corrected chi connectivity index (χ2v) is 5.80. The summed E-state index contributed by atoms with van der Waals surface area (Å²) in [5.41, 5.74) is 1.27. The molecule has 1 aromatic rings. The molecular weight excluding hydrogens is 248 g/mol. The quantitative estimate of drug-likeness (QED) is 0.828. The van der Waals surface area contributed by atoms with Crippen LogP contribution in [0.2, 0.25) is 0 Å². The number of rotatable bonds is 7. The first-order chi connectivity index (χ1) is 9.79. The molecule has 0 heterocycles. The van der Waals surface area contributed by atoms with E-state index in [4.69, 9.17) is 4.74 Å². The molecule has 0 bridgehead atoms. The zero-order valence-corrected chi connectivity index (χ0v) is 12.9. The van der Waals surface area contributed by atoms with Crippen molar-refractivity contribution in [1.29, 1.82) is 0 Å². The smallest absolute Gasteiger partial charge is 0.119 e. The molecule has 0 amide bonds. The predicted molar refractivity (Wildman–Crippen MR) is 84.2 cm³/mol. The third kappa shape index (κ3) is 4.80. The zero-order chi connectivity index (χ0) is 14.2. The van der Waals surface area contributed by atoms with E-state index in [-0.39, 0.29) is 0 Å². The van der Waals surface area contributed by atoms with Crippen LogP contribution in [0.3, 0.4) is 0 Å². The molecule has 1 aliphatic carbocycles. The van der Waals surface area contributed by atoms with Gasteiger partial charge < -0.3 is 15.0 Å². The van der Waals surface area contributed by atoms with Gasteiger partial charge in [0.25, 0.3) is 0 Å². The van der Waals surface area contributed by atoms with Crippen molar-refractivity contribution in [3.8, 4) is 5.75 Å². The van der Waals surface area contributed by atoms with Crippen molar-refractivity contribution in [3.63, 3.8) is 0 Å². The second-order valence-electron chi connectivity index (χ2n) is 5.80. The fraction of sp³-hybridized carbons (Fsp3) is 0.647. The van der Waals surface area contributed by atoms with Crippen LogP contribution in [0.25, 0.3) is 0 Å². The van der Waals surface area contributed by atoms with Crippen LogP contribution in [0.1, 0.15) is 37.7 Å². The second kappa shape index (κ2) is 8.28. The molecule has 0 unspecified atom stereocenters. The van der Waals surface area contributed by atoms with E-state index < -0.39 is 0 Å². The molecular formula is C17H28N2O. The number of benzene rings is 1. The minimum atomic E-state index is 0.767. The van der Waals surface area contributed by atoms with Gasteiger partial charge in [0.05, 0.1) is 0 Å². The first-order valence-electron chi connectivity index (χ1n) is 7.86. The maximum atomic E-state index is 5.89. The lowest BCUT2D eigenvalue weighted by Crippen LogP contribution is -2.36. The summed E-state index contributed by atoms with van der Waals surface area (Å²) in [6.07, 6.45) is 6.91. The minimum absolute atomic E-state index is 0.767. The molecule has 1 saturated carbocycles. The Morgan fingerprint density at radius 1 is 1.25 bits per heavy atom. The molecule has 0 radical (unpaired) electrons.